The Balaban J connectivity index is 1.78. The third kappa shape index (κ3) is 3.58. The zero-order valence-electron chi connectivity index (χ0n) is 12.6. The van der Waals surface area contributed by atoms with Gasteiger partial charge in [-0.3, -0.25) is 0 Å². The van der Waals surface area contributed by atoms with Crippen LogP contribution in [0.15, 0.2) is 4.21 Å². The second kappa shape index (κ2) is 6.86. The summed E-state index contributed by atoms with van der Waals surface area (Å²) in [5, 5.41) is 12.6. The molecule has 1 atom stereocenters. The number of rotatable bonds is 6. The lowest BCUT2D eigenvalue weighted by Gasteiger charge is -2.12. The van der Waals surface area contributed by atoms with Crippen molar-refractivity contribution < 1.29 is 23.1 Å². The highest BCUT2D eigenvalue weighted by molar-refractivity contribution is 7.91. The van der Waals surface area contributed by atoms with Gasteiger partial charge in [0.15, 0.2) is 0 Å². The van der Waals surface area contributed by atoms with Gasteiger partial charge in [-0.1, -0.05) is 0 Å². The van der Waals surface area contributed by atoms with Crippen molar-refractivity contribution in [3.63, 3.8) is 0 Å². The van der Waals surface area contributed by atoms with Crippen LogP contribution in [-0.4, -0.2) is 45.8 Å². The predicted molar refractivity (Wildman–Crippen MR) is 85.4 cm³/mol. The SMILES string of the molecule is O=C(O)c1c(S(=O)(=O)NCC[C@H]2CCOC2)sc2c1CCNC2. The summed E-state index contributed by atoms with van der Waals surface area (Å²) in [7, 11) is -3.80. The van der Waals surface area contributed by atoms with Crippen LogP contribution < -0.4 is 10.0 Å². The molecule has 0 bridgehead atoms. The second-order valence-electron chi connectivity index (χ2n) is 5.81. The molecule has 0 spiro atoms. The molecule has 2 aliphatic heterocycles. The highest BCUT2D eigenvalue weighted by Crippen LogP contribution is 2.34. The van der Waals surface area contributed by atoms with E-state index < -0.39 is 16.0 Å². The highest BCUT2D eigenvalue weighted by Gasteiger charge is 2.31. The third-order valence-corrected chi connectivity index (χ3v) is 7.43. The van der Waals surface area contributed by atoms with Crippen LogP contribution in [0.1, 0.15) is 33.6 Å². The fourth-order valence-electron chi connectivity index (χ4n) is 2.99. The molecule has 2 aliphatic rings. The van der Waals surface area contributed by atoms with E-state index in [1.54, 1.807) is 0 Å². The van der Waals surface area contributed by atoms with Crippen LogP contribution in [0.5, 0.6) is 0 Å². The van der Waals surface area contributed by atoms with Crippen LogP contribution >= 0.6 is 11.3 Å². The quantitative estimate of drug-likeness (QED) is 0.693. The molecule has 7 nitrogen and oxygen atoms in total. The van der Waals surface area contributed by atoms with Crippen molar-refractivity contribution in [1.82, 2.24) is 10.0 Å². The monoisotopic (exact) mass is 360 g/mol. The standard InChI is InChI=1S/C14H20N2O5S2/c17-13(18)12-10-2-4-15-7-11(10)22-14(12)23(19,20)16-5-1-9-3-6-21-8-9/h9,15-16H,1-8H2,(H,17,18)/t9-/m0/s1. The first-order valence-corrected chi connectivity index (χ1v) is 9.95. The Labute approximate surface area is 139 Å². The first-order valence-electron chi connectivity index (χ1n) is 7.65. The molecule has 9 heteroatoms. The summed E-state index contributed by atoms with van der Waals surface area (Å²) >= 11 is 1.06. The van der Waals surface area contributed by atoms with E-state index in [1.807, 2.05) is 0 Å². The Morgan fingerprint density at radius 3 is 3.00 bits per heavy atom. The van der Waals surface area contributed by atoms with Gasteiger partial charge in [0.05, 0.1) is 5.56 Å². The molecule has 128 valence electrons. The number of sulfonamides is 1. The van der Waals surface area contributed by atoms with E-state index in [2.05, 4.69) is 10.0 Å². The summed E-state index contributed by atoms with van der Waals surface area (Å²) in [4.78, 5) is 12.4. The van der Waals surface area contributed by atoms with Gasteiger partial charge in [-0.2, -0.15) is 0 Å². The number of hydrogen-bond acceptors (Lipinski definition) is 6. The zero-order chi connectivity index (χ0) is 16.4. The molecule has 0 saturated carbocycles. The molecule has 1 saturated heterocycles. The molecule has 3 rings (SSSR count). The summed E-state index contributed by atoms with van der Waals surface area (Å²) in [6.07, 6.45) is 2.19. The van der Waals surface area contributed by atoms with Crippen molar-refractivity contribution in [2.24, 2.45) is 5.92 Å². The maximum Gasteiger partial charge on any atom is 0.338 e. The van der Waals surface area contributed by atoms with Crippen molar-refractivity contribution in [2.75, 3.05) is 26.3 Å². The number of thiophene rings is 1. The second-order valence-corrected chi connectivity index (χ2v) is 8.88. The Hall–Kier alpha value is -1.00. The normalized spacial score (nSPS) is 21.3. The van der Waals surface area contributed by atoms with Crippen LogP contribution in [-0.2, 0) is 27.7 Å². The molecule has 0 aliphatic carbocycles. The Kier molecular flexibility index (Phi) is 5.02. The number of ether oxygens (including phenoxy) is 1. The van der Waals surface area contributed by atoms with E-state index in [-0.39, 0.29) is 9.77 Å². The Morgan fingerprint density at radius 1 is 1.48 bits per heavy atom. The van der Waals surface area contributed by atoms with Gasteiger partial charge < -0.3 is 15.2 Å². The first kappa shape index (κ1) is 16.8. The Morgan fingerprint density at radius 2 is 2.30 bits per heavy atom. The topological polar surface area (TPSA) is 105 Å². The number of aromatic carboxylic acids is 1. The van der Waals surface area contributed by atoms with Gasteiger partial charge in [-0.15, -0.1) is 11.3 Å². The molecular formula is C14H20N2O5S2. The number of carboxylic acid groups (broad SMARTS) is 1. The lowest BCUT2D eigenvalue weighted by molar-refractivity contribution is 0.0692. The predicted octanol–water partition coefficient (Wildman–Crippen LogP) is 0.797. The van der Waals surface area contributed by atoms with Crippen LogP contribution in [0.2, 0.25) is 0 Å². The molecule has 1 aromatic heterocycles. The van der Waals surface area contributed by atoms with Gasteiger partial charge in [0.2, 0.25) is 0 Å². The van der Waals surface area contributed by atoms with Crippen molar-refractivity contribution in [3.8, 4) is 0 Å². The van der Waals surface area contributed by atoms with Crippen LogP contribution in [0.4, 0.5) is 0 Å². The van der Waals surface area contributed by atoms with Gasteiger partial charge in [0, 0.05) is 31.2 Å². The van der Waals surface area contributed by atoms with Gasteiger partial charge in [-0.25, -0.2) is 17.9 Å². The largest absolute Gasteiger partial charge is 0.478 e. The molecule has 23 heavy (non-hydrogen) atoms. The van der Waals surface area contributed by atoms with Crippen LogP contribution in [0.3, 0.4) is 0 Å². The summed E-state index contributed by atoms with van der Waals surface area (Å²) in [6.45, 7) is 2.89. The zero-order valence-corrected chi connectivity index (χ0v) is 14.3. The van der Waals surface area contributed by atoms with E-state index in [1.165, 1.54) is 0 Å². The minimum Gasteiger partial charge on any atom is -0.478 e. The summed E-state index contributed by atoms with van der Waals surface area (Å²) in [5.74, 6) is -0.800. The maximum atomic E-state index is 12.5. The molecule has 0 unspecified atom stereocenters. The van der Waals surface area contributed by atoms with E-state index in [0.29, 0.717) is 50.6 Å². The minimum absolute atomic E-state index is 0.0526. The van der Waals surface area contributed by atoms with Crippen molar-refractivity contribution >= 4 is 27.3 Å². The molecule has 0 amide bonds. The van der Waals surface area contributed by atoms with Crippen molar-refractivity contribution in [3.05, 3.63) is 16.0 Å². The Bertz CT molecular complexity index is 692. The molecule has 1 aromatic rings. The molecule has 0 radical (unpaired) electrons. The van der Waals surface area contributed by atoms with Crippen LogP contribution in [0, 0.1) is 5.92 Å². The smallest absolute Gasteiger partial charge is 0.338 e. The number of fused-ring (bicyclic) bond motifs is 1. The number of nitrogens with one attached hydrogen (secondary N) is 2. The van der Waals surface area contributed by atoms with Crippen molar-refractivity contribution in [1.29, 1.82) is 0 Å². The van der Waals surface area contributed by atoms with Gasteiger partial charge in [0.1, 0.15) is 4.21 Å². The maximum absolute atomic E-state index is 12.5. The number of carboxylic acids is 1. The molecule has 3 N–H and O–H groups in total. The average Bonchev–Trinajstić information content (AvgIpc) is 3.13. The molecule has 0 aromatic carbocycles. The summed E-state index contributed by atoms with van der Waals surface area (Å²) in [6, 6.07) is 0. The highest BCUT2D eigenvalue weighted by atomic mass is 32.2. The fraction of sp³-hybridized carbons (Fsp3) is 0.643. The number of hydrogen-bond donors (Lipinski definition) is 3. The first-order chi connectivity index (χ1) is 11.0. The molecular weight excluding hydrogens is 340 g/mol. The lowest BCUT2D eigenvalue weighted by Crippen LogP contribution is -2.27. The molecule has 3 heterocycles. The van der Waals surface area contributed by atoms with Gasteiger partial charge in [-0.05, 0) is 37.3 Å². The fourth-order valence-corrected chi connectivity index (χ4v) is 5.94. The summed E-state index contributed by atoms with van der Waals surface area (Å²) < 4.78 is 32.8. The number of carbonyl (C=O) groups is 1. The van der Waals surface area contributed by atoms with E-state index >= 15 is 0 Å². The van der Waals surface area contributed by atoms with E-state index in [4.69, 9.17) is 4.74 Å². The third-order valence-electron chi connectivity index (χ3n) is 4.22. The summed E-state index contributed by atoms with van der Waals surface area (Å²) in [5.41, 5.74) is 0.606. The molecule has 1 fully saturated rings. The minimum atomic E-state index is -3.80. The van der Waals surface area contributed by atoms with E-state index in [0.717, 1.165) is 29.2 Å². The van der Waals surface area contributed by atoms with E-state index in [9.17, 15) is 18.3 Å². The van der Waals surface area contributed by atoms with Gasteiger partial charge >= 0.3 is 5.97 Å². The average molecular weight is 360 g/mol. The lowest BCUT2D eigenvalue weighted by atomic mass is 10.1. The van der Waals surface area contributed by atoms with Gasteiger partial charge in [0.25, 0.3) is 10.0 Å². The van der Waals surface area contributed by atoms with Crippen molar-refractivity contribution in [2.45, 2.75) is 30.0 Å². The van der Waals surface area contributed by atoms with Crippen LogP contribution in [0.25, 0.3) is 0 Å².